The molecule has 1 heterocycles. The zero-order valence-corrected chi connectivity index (χ0v) is 6.53. The Labute approximate surface area is 62.9 Å². The summed E-state index contributed by atoms with van der Waals surface area (Å²) in [6, 6.07) is 0. The molecule has 1 saturated heterocycles. The predicted octanol–water partition coefficient (Wildman–Crippen LogP) is -1.09. The topological polar surface area (TPSA) is 67.9 Å². The highest BCUT2D eigenvalue weighted by molar-refractivity contribution is 7.83. The number of hydrogen-bond acceptors (Lipinski definition) is 5. The van der Waals surface area contributed by atoms with Gasteiger partial charge in [0.2, 0.25) is 5.11 Å². The highest BCUT2D eigenvalue weighted by Crippen LogP contribution is 2.15. The lowest BCUT2D eigenvalue weighted by Gasteiger charge is -2.26. The van der Waals surface area contributed by atoms with E-state index in [-0.39, 0.29) is 5.11 Å². The lowest BCUT2D eigenvalue weighted by atomic mass is 11.1. The van der Waals surface area contributed by atoms with Crippen molar-refractivity contribution in [2.75, 3.05) is 7.05 Å². The number of nitrogens with zero attached hydrogens (tertiary/aromatic N) is 1. The van der Waals surface area contributed by atoms with Crippen LogP contribution in [0.2, 0.25) is 0 Å². The van der Waals surface area contributed by atoms with Crippen LogP contribution in [0.15, 0.2) is 0 Å². The Hall–Kier alpha value is -0.440. The second kappa shape index (κ2) is 2.31. The van der Waals surface area contributed by atoms with E-state index in [1.807, 2.05) is 0 Å². The van der Waals surface area contributed by atoms with Gasteiger partial charge < -0.3 is 5.32 Å². The molecule has 1 aliphatic heterocycles. The van der Waals surface area contributed by atoms with Gasteiger partial charge in [-0.3, -0.25) is 0 Å². The summed E-state index contributed by atoms with van der Waals surface area (Å²) in [6.07, 6.45) is 0. The van der Waals surface area contributed by atoms with Crippen LogP contribution >= 0.6 is 12.2 Å². The summed E-state index contributed by atoms with van der Waals surface area (Å²) in [5, 5.41) is 3.09. The minimum absolute atomic E-state index is 0.0508. The van der Waals surface area contributed by atoms with Crippen molar-refractivity contribution in [1.82, 2.24) is 10.5 Å². The molecule has 1 rings (SSSR count). The van der Waals surface area contributed by atoms with Crippen LogP contribution in [-0.4, -0.2) is 25.8 Å². The molecule has 8 heteroatoms. The predicted molar refractivity (Wildman–Crippen MR) is 34.6 cm³/mol. The van der Waals surface area contributed by atoms with Crippen LogP contribution in [0.3, 0.4) is 0 Å². The van der Waals surface area contributed by atoms with E-state index in [4.69, 9.17) is 0 Å². The summed E-state index contributed by atoms with van der Waals surface area (Å²) in [5.41, 5.74) is 0. The Balaban J connectivity index is 2.48. The molecule has 0 saturated carbocycles. The molecule has 58 valence electrons. The van der Waals surface area contributed by atoms with Gasteiger partial charge in [0, 0.05) is 7.05 Å². The highest BCUT2D eigenvalue weighted by atomic mass is 32.3. The molecular formula is C2H4N2O4S2. The van der Waals surface area contributed by atoms with E-state index in [9.17, 15) is 8.42 Å². The van der Waals surface area contributed by atoms with E-state index in [0.29, 0.717) is 5.23 Å². The molecule has 0 unspecified atom stereocenters. The van der Waals surface area contributed by atoms with Crippen LogP contribution in [0, 0.1) is 0 Å². The van der Waals surface area contributed by atoms with Gasteiger partial charge in [-0.25, -0.2) is 0 Å². The normalized spacial score (nSPS) is 21.5. The van der Waals surface area contributed by atoms with Crippen molar-refractivity contribution in [3.05, 3.63) is 0 Å². The van der Waals surface area contributed by atoms with Gasteiger partial charge in [-0.15, -0.1) is 0 Å². The van der Waals surface area contributed by atoms with Gasteiger partial charge in [0.15, 0.2) is 0 Å². The summed E-state index contributed by atoms with van der Waals surface area (Å²) in [4.78, 5) is 0. The third-order valence-corrected chi connectivity index (χ3v) is 1.69. The molecule has 0 aliphatic carbocycles. The van der Waals surface area contributed by atoms with Gasteiger partial charge in [0.25, 0.3) is 0 Å². The molecule has 10 heavy (non-hydrogen) atoms. The van der Waals surface area contributed by atoms with Crippen LogP contribution in [0.25, 0.3) is 0 Å². The van der Waals surface area contributed by atoms with E-state index in [2.05, 4.69) is 26.1 Å². The first-order valence-electron chi connectivity index (χ1n) is 2.21. The van der Waals surface area contributed by atoms with Gasteiger partial charge in [0.05, 0.1) is 0 Å². The van der Waals surface area contributed by atoms with Gasteiger partial charge in [-0.2, -0.15) is 8.42 Å². The zero-order chi connectivity index (χ0) is 7.78. The lowest BCUT2D eigenvalue weighted by molar-refractivity contribution is -0.268. The van der Waals surface area contributed by atoms with Crippen molar-refractivity contribution in [2.24, 2.45) is 0 Å². The lowest BCUT2D eigenvalue weighted by Crippen LogP contribution is -2.49. The monoisotopic (exact) mass is 184 g/mol. The van der Waals surface area contributed by atoms with Crippen LogP contribution < -0.4 is 5.32 Å². The van der Waals surface area contributed by atoms with Gasteiger partial charge in [-0.1, -0.05) is 13.8 Å². The zero-order valence-electron chi connectivity index (χ0n) is 4.90. The Morgan fingerprint density at radius 3 is 2.40 bits per heavy atom. The minimum atomic E-state index is -3.79. The molecule has 0 aromatic heterocycles. The quantitative estimate of drug-likeness (QED) is 0.480. The third-order valence-electron chi connectivity index (χ3n) is 0.698. The minimum Gasteiger partial charge on any atom is -0.362 e. The van der Waals surface area contributed by atoms with Crippen molar-refractivity contribution in [3.8, 4) is 0 Å². The smallest absolute Gasteiger partial charge is 0.362 e. The van der Waals surface area contributed by atoms with E-state index in [0.717, 1.165) is 0 Å². The number of nitrogens with one attached hydrogen (secondary N) is 1. The van der Waals surface area contributed by atoms with Gasteiger partial charge >= 0.3 is 10.4 Å². The second-order valence-electron chi connectivity index (χ2n) is 1.37. The van der Waals surface area contributed by atoms with Crippen molar-refractivity contribution in [2.45, 2.75) is 0 Å². The Kier molecular flexibility index (Phi) is 1.77. The molecule has 0 bridgehead atoms. The Morgan fingerprint density at radius 1 is 1.60 bits per heavy atom. The third kappa shape index (κ3) is 1.34. The van der Waals surface area contributed by atoms with Crippen LogP contribution in [0.4, 0.5) is 0 Å². The van der Waals surface area contributed by atoms with Gasteiger partial charge in [-0.05, 0) is 12.2 Å². The number of hydroxylamine groups is 2. The molecule has 0 aromatic rings. The van der Waals surface area contributed by atoms with Gasteiger partial charge in [0.1, 0.15) is 0 Å². The van der Waals surface area contributed by atoms with E-state index >= 15 is 0 Å². The van der Waals surface area contributed by atoms with Crippen LogP contribution in [0.5, 0.6) is 0 Å². The first-order chi connectivity index (χ1) is 4.55. The molecule has 1 aliphatic rings. The fraction of sp³-hybridized carbons (Fsp3) is 0.500. The molecule has 1 fully saturated rings. The molecule has 0 radical (unpaired) electrons. The summed E-state index contributed by atoms with van der Waals surface area (Å²) in [6.45, 7) is 0. The molecule has 6 nitrogen and oxygen atoms in total. The average molecular weight is 184 g/mol. The van der Waals surface area contributed by atoms with E-state index in [1.54, 1.807) is 0 Å². The first kappa shape index (κ1) is 7.66. The Bertz CT molecular complexity index is 234. The van der Waals surface area contributed by atoms with Crippen molar-refractivity contribution < 1.29 is 17.0 Å². The number of thiocarbonyl (C=S) groups is 1. The summed E-state index contributed by atoms with van der Waals surface area (Å²) in [7, 11) is -2.27. The van der Waals surface area contributed by atoms with E-state index in [1.165, 1.54) is 7.05 Å². The standard InChI is InChI=1S/C2H4N2O4S2/c1-3-2(9)4-7-10(5,6)8-4/h1H3,(H,3,9). The van der Waals surface area contributed by atoms with E-state index < -0.39 is 10.4 Å². The second-order valence-corrected chi connectivity index (χ2v) is 2.87. The molecule has 1 N–H and O–H groups in total. The fourth-order valence-electron chi connectivity index (χ4n) is 0.330. The van der Waals surface area contributed by atoms with Crippen LogP contribution in [-0.2, 0) is 19.0 Å². The first-order valence-corrected chi connectivity index (χ1v) is 3.95. The molecular weight excluding hydrogens is 180 g/mol. The maximum absolute atomic E-state index is 10.1. The summed E-state index contributed by atoms with van der Waals surface area (Å²) in [5.74, 6) is 0. The van der Waals surface area contributed by atoms with Crippen molar-refractivity contribution in [3.63, 3.8) is 0 Å². The molecule has 0 amide bonds. The van der Waals surface area contributed by atoms with Crippen molar-refractivity contribution in [1.29, 1.82) is 0 Å². The fourth-order valence-corrected chi connectivity index (χ4v) is 0.991. The molecule has 0 atom stereocenters. The van der Waals surface area contributed by atoms with Crippen molar-refractivity contribution >= 4 is 27.7 Å². The molecule has 0 spiro atoms. The highest BCUT2D eigenvalue weighted by Gasteiger charge is 2.37. The Morgan fingerprint density at radius 2 is 2.10 bits per heavy atom. The van der Waals surface area contributed by atoms with Crippen LogP contribution in [0.1, 0.15) is 0 Å². The SMILES string of the molecule is CNC(=S)N1OS(=O)(=O)O1. The number of rotatable bonds is 0. The maximum Gasteiger partial charge on any atom is 0.446 e. The summed E-state index contributed by atoms with van der Waals surface area (Å²) < 4.78 is 28.4. The molecule has 0 aromatic carbocycles. The number of hydrogen-bond donors (Lipinski definition) is 1. The summed E-state index contributed by atoms with van der Waals surface area (Å²) >= 11 is 4.53. The largest absolute Gasteiger partial charge is 0.446 e. The average Bonchev–Trinajstić information content (AvgIpc) is 1.81. The maximum atomic E-state index is 10.1.